The Morgan fingerprint density at radius 1 is 0.484 bits per heavy atom. The molecule has 0 atom stereocenters. The normalized spacial score (nSPS) is 11.9. The van der Waals surface area contributed by atoms with Crippen LogP contribution in [0.4, 0.5) is 4.39 Å². The smallest absolute Gasteiger partial charge is 0.269 e. The Bertz CT molecular complexity index is 5220. The van der Waals surface area contributed by atoms with Gasteiger partial charge in [-0.25, -0.2) is 4.39 Å². The number of aromatic amines is 1. The van der Waals surface area contributed by atoms with Crippen LogP contribution in [-0.4, -0.2) is 53.6 Å². The van der Waals surface area contributed by atoms with Crippen LogP contribution >= 0.6 is 50.7 Å². The van der Waals surface area contributed by atoms with Crippen molar-refractivity contribution >= 4 is 50.7 Å². The Morgan fingerprint density at radius 3 is 1.43 bits per heavy atom. The predicted octanol–water partition coefficient (Wildman–Crippen LogP) is 13.3. The summed E-state index contributed by atoms with van der Waals surface area (Å²) >= 11 is 21.5. The minimum absolute atomic E-state index is 0.114. The lowest BCUT2D eigenvalue weighted by atomic mass is 9.96. The summed E-state index contributed by atoms with van der Waals surface area (Å²) in [5.41, 5.74) is 9.72. The van der Waals surface area contributed by atoms with Crippen LogP contribution in [-0.2, 0) is 26.4 Å². The van der Waals surface area contributed by atoms with Crippen molar-refractivity contribution in [2.24, 2.45) is 0 Å². The number of nitrogens with zero attached hydrogens (tertiary/aromatic N) is 11. The molecule has 11 aromatic heterocycles. The standard InChI is InChI=1S/C23H12ClFN4O2.C16H9BrClN3O2.C16H10ClN3O2.C11H8N2O2.C2H6/c24-13-7-14(11-27-10-13)29-20-12-31-21-5-2-6-28-22(21)17(20)8-16(23(29)30)15-3-1-4-19(25)18(15)9-26;17-12-5-11-13(8-23-14-2-1-3-20-15(11)14)21(16(12)22)10-4-9(18)6-19-7-10;17-10-6-11(8-18-7-10)20-13-9-22-14-2-1-5-19-16(14)12(13)3-4-15(20)21;14-10-4-3-7-8(13-10)6-15-9-2-1-5-12-11(7)9;1-2/h1-8,10-11H,12H2;1-7H,8H2;1-8H,9H2;1-5H,6H2,(H,13,14);1-2H3. The van der Waals surface area contributed by atoms with Crippen LogP contribution < -0.4 is 41.2 Å². The molecule has 4 aliphatic heterocycles. The number of nitrogens with one attached hydrogen (secondary N) is 1. The average Bonchev–Trinajstić information content (AvgIpc) is 0.765. The second-order valence-corrected chi connectivity index (χ2v) is 22.2. The summed E-state index contributed by atoms with van der Waals surface area (Å²) < 4.78 is 42.1. The molecule has 460 valence electrons. The van der Waals surface area contributed by atoms with E-state index in [1.165, 1.54) is 53.6 Å². The first-order valence-electron chi connectivity index (χ1n) is 28.4. The SMILES string of the molecule is CC.N#Cc1c(F)cccc1-c1cc2c(n(-c3cncc(Cl)c3)c1=O)COc1cccnc1-2.O=c1c(Br)cc2c(n1-c1cncc(Cl)c1)COc1cccnc1-2.O=c1ccc2c([nH]1)COc1cccnc1-2.O=c1ccc2c(n1-c1cncc(Cl)c1)COc1cccnc1-2. The number of hydrogen-bond donors (Lipinski definition) is 1. The van der Waals surface area contributed by atoms with Crippen molar-refractivity contribution in [2.45, 2.75) is 40.3 Å². The van der Waals surface area contributed by atoms with Gasteiger partial charge in [-0.2, -0.15) is 5.26 Å². The maximum Gasteiger partial charge on any atom is 0.269 e. The van der Waals surface area contributed by atoms with Gasteiger partial charge in [-0.15, -0.1) is 0 Å². The molecular weight excluding hydrogens is 1320 g/mol. The van der Waals surface area contributed by atoms with Gasteiger partial charge >= 0.3 is 0 Å². The highest BCUT2D eigenvalue weighted by molar-refractivity contribution is 9.10. The summed E-state index contributed by atoms with van der Waals surface area (Å²) in [4.78, 5) is 82.1. The topological polar surface area (TPSA) is 250 Å². The molecule has 1 aromatic carbocycles. The molecule has 0 bridgehead atoms. The van der Waals surface area contributed by atoms with E-state index in [9.17, 15) is 28.8 Å². The quantitative estimate of drug-likeness (QED) is 0.172. The van der Waals surface area contributed by atoms with Crippen LogP contribution in [0.25, 0.3) is 73.2 Å². The molecule has 0 saturated carbocycles. The van der Waals surface area contributed by atoms with Gasteiger partial charge in [0.1, 0.15) is 84.1 Å². The number of nitriles is 1. The minimum atomic E-state index is -0.699. The van der Waals surface area contributed by atoms with E-state index < -0.39 is 11.4 Å². The first-order valence-corrected chi connectivity index (χ1v) is 30.3. The largest absolute Gasteiger partial charge is 0.485 e. The molecule has 0 fully saturated rings. The molecule has 0 unspecified atom stereocenters. The summed E-state index contributed by atoms with van der Waals surface area (Å²) in [6.45, 7) is 5.06. The highest BCUT2D eigenvalue weighted by atomic mass is 79.9. The summed E-state index contributed by atoms with van der Waals surface area (Å²) in [7, 11) is 0. The van der Waals surface area contributed by atoms with E-state index in [0.717, 1.165) is 45.2 Å². The second kappa shape index (κ2) is 27.2. The third-order valence-corrected chi connectivity index (χ3v) is 15.8. The Labute approximate surface area is 550 Å². The fourth-order valence-corrected chi connectivity index (χ4v) is 11.5. The number of rotatable bonds is 4. The van der Waals surface area contributed by atoms with E-state index in [-0.39, 0.29) is 53.2 Å². The number of hydrogen-bond acceptors (Lipinski definition) is 16. The van der Waals surface area contributed by atoms with Gasteiger partial charge in [0.15, 0.2) is 0 Å². The summed E-state index contributed by atoms with van der Waals surface area (Å²) in [5.74, 6) is 2.04. The monoisotopic (exact) mass is 1360 g/mol. The molecule has 93 heavy (non-hydrogen) atoms. The number of halogens is 5. The Hall–Kier alpha value is -11.0. The molecule has 16 rings (SSSR count). The highest BCUT2D eigenvalue weighted by Crippen LogP contribution is 2.41. The minimum Gasteiger partial charge on any atom is -0.485 e. The van der Waals surface area contributed by atoms with Crippen molar-refractivity contribution in [1.29, 1.82) is 5.26 Å². The van der Waals surface area contributed by atoms with E-state index in [1.807, 2.05) is 56.3 Å². The fraction of sp³-hybridized carbons (Fsp3) is 0.0882. The number of pyridine rings is 11. The summed E-state index contributed by atoms with van der Waals surface area (Å²) in [6.07, 6.45) is 15.9. The highest BCUT2D eigenvalue weighted by Gasteiger charge is 2.29. The second-order valence-electron chi connectivity index (χ2n) is 20.0. The zero-order valence-corrected chi connectivity index (χ0v) is 52.6. The van der Waals surface area contributed by atoms with Crippen molar-refractivity contribution in [3.05, 3.63) is 278 Å². The van der Waals surface area contributed by atoms with Gasteiger partial charge in [-0.05, 0) is 113 Å². The van der Waals surface area contributed by atoms with Gasteiger partial charge in [0.05, 0.1) is 83.5 Å². The van der Waals surface area contributed by atoms with E-state index in [4.69, 9.17) is 53.8 Å². The molecule has 20 nitrogen and oxygen atoms in total. The number of aromatic nitrogens is 11. The van der Waals surface area contributed by atoms with Crippen LogP contribution in [0.15, 0.2) is 207 Å². The maximum atomic E-state index is 14.3. The Kier molecular flexibility index (Phi) is 18.2. The van der Waals surface area contributed by atoms with Crippen LogP contribution in [0.2, 0.25) is 15.1 Å². The Balaban J connectivity index is 0.000000121. The molecule has 0 radical (unpaired) electrons. The van der Waals surface area contributed by atoms with E-state index in [2.05, 4.69) is 55.8 Å². The van der Waals surface area contributed by atoms with Crippen LogP contribution in [0.1, 0.15) is 42.2 Å². The zero-order valence-electron chi connectivity index (χ0n) is 48.7. The molecular formula is C68H45BrCl3FN12O8. The molecule has 0 spiro atoms. The van der Waals surface area contributed by atoms with E-state index >= 15 is 0 Å². The first-order chi connectivity index (χ1) is 45.3. The van der Waals surface area contributed by atoms with Gasteiger partial charge in [0, 0.05) is 88.9 Å². The lowest BCUT2D eigenvalue weighted by Gasteiger charge is -2.24. The average molecular weight is 1360 g/mol. The van der Waals surface area contributed by atoms with E-state index in [0.29, 0.717) is 88.8 Å². The van der Waals surface area contributed by atoms with Gasteiger partial charge in [0.2, 0.25) is 5.56 Å². The van der Waals surface area contributed by atoms with Crippen molar-refractivity contribution in [3.8, 4) is 102 Å². The number of benzene rings is 1. The molecule has 1 N–H and O–H groups in total. The number of H-pyrrole nitrogens is 1. The number of fused-ring (bicyclic) bond motifs is 12. The van der Waals surface area contributed by atoms with Crippen molar-refractivity contribution in [3.63, 3.8) is 0 Å². The molecule has 25 heteroatoms. The van der Waals surface area contributed by atoms with Crippen molar-refractivity contribution in [2.75, 3.05) is 0 Å². The van der Waals surface area contributed by atoms with Gasteiger partial charge in [0.25, 0.3) is 16.7 Å². The molecule has 0 amide bonds. The van der Waals surface area contributed by atoms with Gasteiger partial charge in [-0.3, -0.25) is 67.8 Å². The molecule has 15 heterocycles. The fourth-order valence-electron chi connectivity index (χ4n) is 10.6. The van der Waals surface area contributed by atoms with Gasteiger partial charge < -0.3 is 23.9 Å². The summed E-state index contributed by atoms with van der Waals surface area (Å²) in [6, 6.07) is 35.6. The van der Waals surface area contributed by atoms with Crippen LogP contribution in [0, 0.1) is 17.1 Å². The third-order valence-electron chi connectivity index (χ3n) is 14.6. The van der Waals surface area contributed by atoms with Gasteiger partial charge in [-0.1, -0.05) is 60.8 Å². The Morgan fingerprint density at radius 2 is 0.925 bits per heavy atom. The number of ether oxygens (including phenoxy) is 4. The molecule has 0 aliphatic carbocycles. The lowest BCUT2D eigenvalue weighted by molar-refractivity contribution is 0.292. The maximum absolute atomic E-state index is 14.3. The first kappa shape index (κ1) is 62.2. The van der Waals surface area contributed by atoms with Crippen LogP contribution in [0.5, 0.6) is 23.0 Å². The molecule has 0 saturated heterocycles. The summed E-state index contributed by atoms with van der Waals surface area (Å²) in [5, 5.41) is 10.8. The van der Waals surface area contributed by atoms with Crippen LogP contribution in [0.3, 0.4) is 0 Å². The van der Waals surface area contributed by atoms with Crippen molar-refractivity contribution < 1.29 is 23.3 Å². The lowest BCUT2D eigenvalue weighted by Crippen LogP contribution is -2.27. The van der Waals surface area contributed by atoms with E-state index in [1.54, 1.807) is 107 Å². The third kappa shape index (κ3) is 12.5. The predicted molar refractivity (Wildman–Crippen MR) is 351 cm³/mol. The molecule has 12 aromatic rings. The van der Waals surface area contributed by atoms with Crippen molar-refractivity contribution in [1.82, 2.24) is 53.6 Å². The molecule has 4 aliphatic rings. The zero-order chi connectivity index (χ0) is 64.9.